The van der Waals surface area contributed by atoms with Crippen LogP contribution in [0.5, 0.6) is 0 Å². The van der Waals surface area contributed by atoms with Gasteiger partial charge in [0.15, 0.2) is 5.17 Å². The van der Waals surface area contributed by atoms with Gasteiger partial charge < -0.3 is 0 Å². The van der Waals surface area contributed by atoms with Crippen LogP contribution in [-0.2, 0) is 4.79 Å². The maximum atomic E-state index is 12.5. The van der Waals surface area contributed by atoms with Gasteiger partial charge in [0.25, 0.3) is 5.91 Å². The lowest BCUT2D eigenvalue weighted by molar-refractivity contribution is -0.121. The lowest BCUT2D eigenvalue weighted by atomic mass is 10.2. The average Bonchev–Trinajstić information content (AvgIpc) is 3.13. The Morgan fingerprint density at radius 3 is 2.82 bits per heavy atom. The summed E-state index contributed by atoms with van der Waals surface area (Å²) in [6, 6.07) is 3.71. The zero-order valence-electron chi connectivity index (χ0n) is 11.5. The summed E-state index contributed by atoms with van der Waals surface area (Å²) in [5.41, 5.74) is 0.930. The number of amides is 1. The van der Waals surface area contributed by atoms with Gasteiger partial charge >= 0.3 is 0 Å². The van der Waals surface area contributed by atoms with Gasteiger partial charge in [-0.25, -0.2) is 4.98 Å². The predicted octanol–water partition coefficient (Wildman–Crippen LogP) is 3.33. The van der Waals surface area contributed by atoms with Gasteiger partial charge in [0.2, 0.25) is 5.13 Å². The van der Waals surface area contributed by atoms with Gasteiger partial charge in [-0.1, -0.05) is 6.08 Å². The van der Waals surface area contributed by atoms with Crippen molar-refractivity contribution in [3.8, 4) is 0 Å². The molecular formula is C15H12N4OS2. The van der Waals surface area contributed by atoms with Crippen LogP contribution < -0.4 is 0 Å². The molecule has 2 aromatic heterocycles. The van der Waals surface area contributed by atoms with E-state index in [2.05, 4.69) is 21.5 Å². The van der Waals surface area contributed by atoms with Crippen molar-refractivity contribution in [2.24, 2.45) is 4.99 Å². The standard InChI is InChI=1S/C15H12N4OS2/c1-2-8-19-13(20)12(10-11-3-5-16-6-4-11)22-15(19)18-14-17-7-9-21-14/h2-7,9-10H,1,8H2/b12-10-,18-15+. The monoisotopic (exact) mass is 328 g/mol. The highest BCUT2D eigenvalue weighted by Gasteiger charge is 2.32. The van der Waals surface area contributed by atoms with Crippen molar-refractivity contribution < 1.29 is 4.79 Å². The quantitative estimate of drug-likeness (QED) is 0.638. The van der Waals surface area contributed by atoms with Crippen molar-refractivity contribution in [3.05, 3.63) is 59.2 Å². The van der Waals surface area contributed by atoms with Gasteiger partial charge in [-0.3, -0.25) is 14.7 Å². The smallest absolute Gasteiger partial charge is 0.267 e. The maximum Gasteiger partial charge on any atom is 0.267 e. The highest BCUT2D eigenvalue weighted by Crippen LogP contribution is 2.34. The Hall–Kier alpha value is -2.25. The molecule has 0 bridgehead atoms. The second-order valence-corrected chi connectivity index (χ2v) is 6.19. The summed E-state index contributed by atoms with van der Waals surface area (Å²) in [6.45, 7) is 4.12. The molecule has 0 unspecified atom stereocenters. The number of rotatable bonds is 4. The number of amidine groups is 1. The summed E-state index contributed by atoms with van der Waals surface area (Å²) in [7, 11) is 0. The third-order valence-electron chi connectivity index (χ3n) is 2.81. The number of aliphatic imine (C=N–C) groups is 1. The third kappa shape index (κ3) is 3.15. The fourth-order valence-electron chi connectivity index (χ4n) is 1.85. The summed E-state index contributed by atoms with van der Waals surface area (Å²) in [4.78, 5) is 27.3. The van der Waals surface area contributed by atoms with E-state index >= 15 is 0 Å². The van der Waals surface area contributed by atoms with Crippen LogP contribution in [0.4, 0.5) is 5.13 Å². The first-order valence-electron chi connectivity index (χ1n) is 6.48. The molecule has 1 saturated heterocycles. The first kappa shape index (κ1) is 14.7. The molecule has 5 nitrogen and oxygen atoms in total. The van der Waals surface area contributed by atoms with Crippen LogP contribution in [-0.4, -0.2) is 32.5 Å². The van der Waals surface area contributed by atoms with Crippen molar-refractivity contribution in [1.29, 1.82) is 0 Å². The largest absolute Gasteiger partial charge is 0.282 e. The van der Waals surface area contributed by atoms with Gasteiger partial charge in [0.1, 0.15) is 0 Å². The molecule has 0 atom stereocenters. The number of hydrogen-bond donors (Lipinski definition) is 0. The number of carbonyl (C=O) groups is 1. The van der Waals surface area contributed by atoms with Crippen LogP contribution in [0.25, 0.3) is 6.08 Å². The Balaban J connectivity index is 1.93. The highest BCUT2D eigenvalue weighted by atomic mass is 32.2. The van der Waals surface area contributed by atoms with Crippen molar-refractivity contribution in [2.75, 3.05) is 6.54 Å². The van der Waals surface area contributed by atoms with E-state index < -0.39 is 0 Å². The van der Waals surface area contributed by atoms with E-state index in [1.165, 1.54) is 23.1 Å². The average molecular weight is 328 g/mol. The predicted molar refractivity (Wildman–Crippen MR) is 90.9 cm³/mol. The molecule has 1 fully saturated rings. The molecule has 7 heteroatoms. The van der Waals surface area contributed by atoms with E-state index in [0.717, 1.165) is 5.56 Å². The molecule has 1 amide bonds. The maximum absolute atomic E-state index is 12.5. The van der Waals surface area contributed by atoms with Crippen molar-refractivity contribution >= 4 is 45.4 Å². The molecule has 3 rings (SSSR count). The summed E-state index contributed by atoms with van der Waals surface area (Å²) >= 11 is 2.78. The molecule has 0 spiro atoms. The second-order valence-electron chi connectivity index (χ2n) is 4.30. The molecule has 3 heterocycles. The van der Waals surface area contributed by atoms with Crippen LogP contribution in [0, 0.1) is 0 Å². The fourth-order valence-corrected chi connectivity index (χ4v) is 3.40. The minimum atomic E-state index is -0.0722. The molecule has 2 aromatic rings. The summed E-state index contributed by atoms with van der Waals surface area (Å²) < 4.78 is 0. The van der Waals surface area contributed by atoms with Crippen LogP contribution in [0.1, 0.15) is 5.56 Å². The Labute approximate surface area is 136 Å². The van der Waals surface area contributed by atoms with Gasteiger partial charge in [0, 0.05) is 30.5 Å². The fraction of sp³-hybridized carbons (Fsp3) is 0.0667. The lowest BCUT2D eigenvalue weighted by Crippen LogP contribution is -2.29. The zero-order valence-corrected chi connectivity index (χ0v) is 13.2. The van der Waals surface area contributed by atoms with Crippen LogP contribution in [0.2, 0.25) is 0 Å². The summed E-state index contributed by atoms with van der Waals surface area (Å²) in [5, 5.41) is 3.11. The molecule has 1 aliphatic heterocycles. The van der Waals surface area contributed by atoms with Crippen molar-refractivity contribution in [3.63, 3.8) is 0 Å². The topological polar surface area (TPSA) is 58.5 Å². The van der Waals surface area contributed by atoms with E-state index in [1.807, 2.05) is 23.6 Å². The minimum Gasteiger partial charge on any atom is -0.282 e. The number of thioether (sulfide) groups is 1. The number of hydrogen-bond acceptors (Lipinski definition) is 6. The normalized spacial score (nSPS) is 18.4. The van der Waals surface area contributed by atoms with Crippen molar-refractivity contribution in [1.82, 2.24) is 14.9 Å². The molecule has 0 N–H and O–H groups in total. The Kier molecular flexibility index (Phi) is 4.45. The Morgan fingerprint density at radius 1 is 1.32 bits per heavy atom. The molecule has 0 saturated carbocycles. The molecule has 0 aliphatic carbocycles. The number of nitrogens with zero attached hydrogens (tertiary/aromatic N) is 4. The number of aromatic nitrogens is 2. The second kappa shape index (κ2) is 6.67. The number of pyridine rings is 1. The van der Waals surface area contributed by atoms with E-state index in [0.29, 0.717) is 21.7 Å². The zero-order chi connectivity index (χ0) is 15.4. The third-order valence-corrected chi connectivity index (χ3v) is 4.49. The molecule has 0 radical (unpaired) electrons. The van der Waals surface area contributed by atoms with Gasteiger partial charge in [-0.2, -0.15) is 4.99 Å². The first-order chi connectivity index (χ1) is 10.8. The number of thiazole rings is 1. The van der Waals surface area contributed by atoms with Crippen LogP contribution in [0.15, 0.2) is 58.7 Å². The van der Waals surface area contributed by atoms with E-state index in [4.69, 9.17) is 0 Å². The van der Waals surface area contributed by atoms with Gasteiger partial charge in [-0.15, -0.1) is 17.9 Å². The minimum absolute atomic E-state index is 0.0722. The number of carbonyl (C=O) groups excluding carboxylic acids is 1. The summed E-state index contributed by atoms with van der Waals surface area (Å²) in [6.07, 6.45) is 8.61. The van der Waals surface area contributed by atoms with E-state index in [9.17, 15) is 4.79 Å². The van der Waals surface area contributed by atoms with Crippen LogP contribution >= 0.6 is 23.1 Å². The molecular weight excluding hydrogens is 316 g/mol. The van der Waals surface area contributed by atoms with E-state index in [-0.39, 0.29) is 5.91 Å². The lowest BCUT2D eigenvalue weighted by Gasteiger charge is -2.11. The van der Waals surface area contributed by atoms with Crippen LogP contribution in [0.3, 0.4) is 0 Å². The van der Waals surface area contributed by atoms with E-state index in [1.54, 1.807) is 29.6 Å². The molecule has 110 valence electrons. The first-order valence-corrected chi connectivity index (χ1v) is 8.18. The Bertz CT molecular complexity index is 738. The highest BCUT2D eigenvalue weighted by molar-refractivity contribution is 8.18. The molecule has 0 aromatic carbocycles. The SMILES string of the molecule is C=CCN1C(=O)/C(=C/c2ccncc2)S/C1=N/c1nccs1. The Morgan fingerprint density at radius 2 is 2.14 bits per heavy atom. The van der Waals surface area contributed by atoms with Gasteiger partial charge in [-0.05, 0) is 35.5 Å². The van der Waals surface area contributed by atoms with Crippen molar-refractivity contribution in [2.45, 2.75) is 0 Å². The molecule has 22 heavy (non-hydrogen) atoms. The summed E-state index contributed by atoms with van der Waals surface area (Å²) in [5.74, 6) is -0.0722. The molecule has 1 aliphatic rings. The van der Waals surface area contributed by atoms with Gasteiger partial charge in [0.05, 0.1) is 4.91 Å².